The van der Waals surface area contributed by atoms with Gasteiger partial charge in [-0.1, -0.05) is 6.58 Å². The summed E-state index contributed by atoms with van der Waals surface area (Å²) in [6, 6.07) is 0. The first kappa shape index (κ1) is 15.0. The number of carbonyl (C=O) groups is 2. The summed E-state index contributed by atoms with van der Waals surface area (Å²) in [6.07, 6.45) is 1.55. The molecule has 0 bridgehead atoms. The van der Waals surface area contributed by atoms with Crippen molar-refractivity contribution < 1.29 is 28.9 Å². The number of allylic oxidation sites excluding steroid dienone is 1. The standard InChI is InChI=1S/C11H16O6/c1-4-15-6-8(2)17-9(3)7-16-11(14)5-10(12)13/h4,6,9H,1,5,7H2,2-3H3,(H,12,13). The number of aliphatic carboxylic acids is 1. The summed E-state index contributed by atoms with van der Waals surface area (Å²) in [5, 5.41) is 8.32. The van der Waals surface area contributed by atoms with Crippen LogP contribution >= 0.6 is 0 Å². The van der Waals surface area contributed by atoms with Gasteiger partial charge in [-0.25, -0.2) is 0 Å². The number of hydrogen-bond donors (Lipinski definition) is 1. The second-order valence-corrected chi connectivity index (χ2v) is 3.21. The lowest BCUT2D eigenvalue weighted by molar-refractivity contribution is -0.153. The first-order chi connectivity index (χ1) is 7.95. The Bertz CT molecular complexity index is 307. The van der Waals surface area contributed by atoms with E-state index >= 15 is 0 Å². The van der Waals surface area contributed by atoms with Gasteiger partial charge >= 0.3 is 11.9 Å². The fourth-order valence-corrected chi connectivity index (χ4v) is 0.908. The molecular formula is C11H16O6. The lowest BCUT2D eigenvalue weighted by Gasteiger charge is -2.14. The van der Waals surface area contributed by atoms with Gasteiger partial charge in [-0.2, -0.15) is 0 Å². The van der Waals surface area contributed by atoms with Crippen molar-refractivity contribution in [1.82, 2.24) is 0 Å². The molecule has 17 heavy (non-hydrogen) atoms. The van der Waals surface area contributed by atoms with Gasteiger partial charge in [-0.3, -0.25) is 9.59 Å². The molecule has 0 radical (unpaired) electrons. The van der Waals surface area contributed by atoms with Crippen LogP contribution in [0.1, 0.15) is 20.3 Å². The summed E-state index contributed by atoms with van der Waals surface area (Å²) in [5.41, 5.74) is 0. The Morgan fingerprint density at radius 2 is 2.12 bits per heavy atom. The molecule has 1 unspecified atom stereocenters. The minimum Gasteiger partial charge on any atom is -0.489 e. The van der Waals surface area contributed by atoms with Crippen LogP contribution in [0.15, 0.2) is 24.9 Å². The topological polar surface area (TPSA) is 82.1 Å². The lowest BCUT2D eigenvalue weighted by Crippen LogP contribution is -2.20. The molecule has 96 valence electrons. The van der Waals surface area contributed by atoms with Crippen LogP contribution in [-0.2, 0) is 23.8 Å². The van der Waals surface area contributed by atoms with Gasteiger partial charge in [-0.15, -0.1) is 0 Å². The molecule has 0 heterocycles. The van der Waals surface area contributed by atoms with Crippen LogP contribution in [0.5, 0.6) is 0 Å². The van der Waals surface area contributed by atoms with Crippen molar-refractivity contribution in [3.05, 3.63) is 24.9 Å². The molecule has 6 nitrogen and oxygen atoms in total. The minimum absolute atomic E-state index is 0.0224. The Morgan fingerprint density at radius 3 is 2.65 bits per heavy atom. The molecule has 0 aromatic carbocycles. The molecule has 0 aliphatic carbocycles. The van der Waals surface area contributed by atoms with Gasteiger partial charge in [0.05, 0.1) is 6.26 Å². The van der Waals surface area contributed by atoms with Crippen LogP contribution in [-0.4, -0.2) is 29.8 Å². The molecule has 0 aromatic rings. The highest BCUT2D eigenvalue weighted by atomic mass is 16.6. The van der Waals surface area contributed by atoms with Crippen molar-refractivity contribution in [3.63, 3.8) is 0 Å². The highest BCUT2D eigenvalue weighted by Crippen LogP contribution is 2.03. The smallest absolute Gasteiger partial charge is 0.317 e. The molecular weight excluding hydrogens is 228 g/mol. The third kappa shape index (κ3) is 8.98. The normalized spacial score (nSPS) is 12.5. The van der Waals surface area contributed by atoms with Crippen molar-refractivity contribution in [2.75, 3.05) is 6.61 Å². The number of hydrogen-bond acceptors (Lipinski definition) is 5. The van der Waals surface area contributed by atoms with Gasteiger partial charge in [0.25, 0.3) is 0 Å². The van der Waals surface area contributed by atoms with Crippen LogP contribution in [0, 0.1) is 0 Å². The van der Waals surface area contributed by atoms with Gasteiger partial charge in [0.2, 0.25) is 0 Å². The Morgan fingerprint density at radius 1 is 1.47 bits per heavy atom. The first-order valence-electron chi connectivity index (χ1n) is 4.93. The molecule has 0 aromatic heterocycles. The zero-order valence-corrected chi connectivity index (χ0v) is 9.84. The molecule has 0 amide bonds. The Hall–Kier alpha value is -1.98. The van der Waals surface area contributed by atoms with E-state index in [0.717, 1.165) is 0 Å². The van der Waals surface area contributed by atoms with Gasteiger partial charge < -0.3 is 19.3 Å². The number of rotatable bonds is 8. The largest absolute Gasteiger partial charge is 0.489 e. The zero-order valence-electron chi connectivity index (χ0n) is 9.84. The highest BCUT2D eigenvalue weighted by molar-refractivity contribution is 5.90. The van der Waals surface area contributed by atoms with Crippen LogP contribution in [0.4, 0.5) is 0 Å². The van der Waals surface area contributed by atoms with Gasteiger partial charge in [-0.05, 0) is 13.8 Å². The van der Waals surface area contributed by atoms with E-state index in [4.69, 9.17) is 14.6 Å². The van der Waals surface area contributed by atoms with E-state index < -0.39 is 24.5 Å². The third-order valence-corrected chi connectivity index (χ3v) is 1.49. The van der Waals surface area contributed by atoms with Crippen molar-refractivity contribution in [3.8, 4) is 0 Å². The van der Waals surface area contributed by atoms with Crippen molar-refractivity contribution in [2.24, 2.45) is 0 Å². The van der Waals surface area contributed by atoms with Crippen molar-refractivity contribution in [1.29, 1.82) is 0 Å². The van der Waals surface area contributed by atoms with Crippen LogP contribution < -0.4 is 0 Å². The Labute approximate surface area is 99.5 Å². The summed E-state index contributed by atoms with van der Waals surface area (Å²) < 4.78 is 14.7. The molecule has 6 heteroatoms. The molecule has 0 fully saturated rings. The molecule has 0 aliphatic heterocycles. The minimum atomic E-state index is -1.22. The fraction of sp³-hybridized carbons (Fsp3) is 0.455. The second-order valence-electron chi connectivity index (χ2n) is 3.21. The summed E-state index contributed by atoms with van der Waals surface area (Å²) in [7, 11) is 0. The van der Waals surface area contributed by atoms with Crippen LogP contribution in [0.25, 0.3) is 0 Å². The van der Waals surface area contributed by atoms with E-state index in [-0.39, 0.29) is 6.61 Å². The monoisotopic (exact) mass is 244 g/mol. The third-order valence-electron chi connectivity index (χ3n) is 1.49. The van der Waals surface area contributed by atoms with E-state index in [0.29, 0.717) is 5.76 Å². The maximum absolute atomic E-state index is 10.9. The first-order valence-corrected chi connectivity index (χ1v) is 4.93. The predicted octanol–water partition coefficient (Wildman–Crippen LogP) is 1.43. The number of carbonyl (C=O) groups excluding carboxylic acids is 1. The fourth-order valence-electron chi connectivity index (χ4n) is 0.908. The number of esters is 1. The van der Waals surface area contributed by atoms with Crippen molar-refractivity contribution in [2.45, 2.75) is 26.4 Å². The number of carboxylic acid groups (broad SMARTS) is 1. The van der Waals surface area contributed by atoms with Gasteiger partial charge in [0, 0.05) is 0 Å². The van der Waals surface area contributed by atoms with Crippen LogP contribution in [0.2, 0.25) is 0 Å². The predicted molar refractivity (Wildman–Crippen MR) is 58.8 cm³/mol. The van der Waals surface area contributed by atoms with Crippen LogP contribution in [0.3, 0.4) is 0 Å². The molecule has 1 N–H and O–H groups in total. The van der Waals surface area contributed by atoms with E-state index in [1.54, 1.807) is 13.8 Å². The van der Waals surface area contributed by atoms with Gasteiger partial charge in [0.15, 0.2) is 0 Å². The summed E-state index contributed by atoms with van der Waals surface area (Å²) in [4.78, 5) is 21.1. The van der Waals surface area contributed by atoms with Crippen molar-refractivity contribution >= 4 is 11.9 Å². The Balaban J connectivity index is 3.86. The van der Waals surface area contributed by atoms with E-state index in [1.807, 2.05) is 0 Å². The molecule has 0 saturated carbocycles. The number of ether oxygens (including phenoxy) is 3. The number of carboxylic acids is 1. The molecule has 0 saturated heterocycles. The maximum atomic E-state index is 10.9. The SMILES string of the molecule is C=COC=C(C)OC(C)COC(=O)CC(=O)O. The van der Waals surface area contributed by atoms with E-state index in [9.17, 15) is 9.59 Å². The van der Waals surface area contributed by atoms with Gasteiger partial charge in [0.1, 0.15) is 31.2 Å². The molecule has 1 atom stereocenters. The summed E-state index contributed by atoms with van der Waals surface area (Å²) >= 11 is 0. The summed E-state index contributed by atoms with van der Waals surface area (Å²) in [5.74, 6) is -1.53. The van der Waals surface area contributed by atoms with E-state index in [1.165, 1.54) is 12.5 Å². The molecule has 0 rings (SSSR count). The average molecular weight is 244 g/mol. The lowest BCUT2D eigenvalue weighted by atomic mass is 10.4. The quantitative estimate of drug-likeness (QED) is 0.395. The highest BCUT2D eigenvalue weighted by Gasteiger charge is 2.11. The summed E-state index contributed by atoms with van der Waals surface area (Å²) in [6.45, 7) is 6.67. The molecule has 0 aliphatic rings. The average Bonchev–Trinajstić information content (AvgIpc) is 2.22. The second kappa shape index (κ2) is 8.20. The van der Waals surface area contributed by atoms with E-state index in [2.05, 4.69) is 11.3 Å². The zero-order chi connectivity index (χ0) is 13.3. The Kier molecular flexibility index (Phi) is 7.25. The molecule has 0 spiro atoms. The maximum Gasteiger partial charge on any atom is 0.317 e.